The smallest absolute Gasteiger partial charge is 0.341 e. The van der Waals surface area contributed by atoms with Crippen LogP contribution < -0.4 is 0 Å². The largest absolute Gasteiger partial charge is 0.467 e. The van der Waals surface area contributed by atoms with Crippen LogP contribution in [0, 0.1) is 0 Å². The SMILES string of the molecule is COC(=O)C(OC(C)(C)C)c1nc(-c2ccccc2)sc1Br. The highest BCUT2D eigenvalue weighted by atomic mass is 79.9. The minimum absolute atomic E-state index is 0.458. The molecule has 2 aromatic rings. The van der Waals surface area contributed by atoms with Crippen LogP contribution >= 0.6 is 27.3 Å². The average Bonchev–Trinajstić information content (AvgIpc) is 2.86. The van der Waals surface area contributed by atoms with E-state index in [4.69, 9.17) is 9.47 Å². The number of aromatic nitrogens is 1. The Balaban J connectivity index is 2.40. The fraction of sp³-hybridized carbons (Fsp3) is 0.375. The molecule has 22 heavy (non-hydrogen) atoms. The summed E-state index contributed by atoms with van der Waals surface area (Å²) in [4.78, 5) is 16.7. The van der Waals surface area contributed by atoms with E-state index in [2.05, 4.69) is 20.9 Å². The molecular weight excluding hydrogens is 366 g/mol. The van der Waals surface area contributed by atoms with E-state index in [1.54, 1.807) is 0 Å². The van der Waals surface area contributed by atoms with Gasteiger partial charge in [-0.2, -0.15) is 0 Å². The lowest BCUT2D eigenvalue weighted by Gasteiger charge is -2.25. The molecule has 0 saturated carbocycles. The molecule has 2 rings (SSSR count). The average molecular weight is 384 g/mol. The third kappa shape index (κ3) is 4.15. The quantitative estimate of drug-likeness (QED) is 0.723. The fourth-order valence-corrected chi connectivity index (χ4v) is 3.44. The molecular formula is C16H18BrNO3S. The zero-order valence-corrected chi connectivity index (χ0v) is 15.3. The van der Waals surface area contributed by atoms with Gasteiger partial charge in [-0.25, -0.2) is 9.78 Å². The predicted molar refractivity (Wildman–Crippen MR) is 90.8 cm³/mol. The van der Waals surface area contributed by atoms with E-state index in [0.29, 0.717) is 5.69 Å². The molecule has 0 spiro atoms. The third-order valence-electron chi connectivity index (χ3n) is 2.77. The maximum absolute atomic E-state index is 12.1. The number of rotatable bonds is 4. The molecule has 0 N–H and O–H groups in total. The van der Waals surface area contributed by atoms with Crippen molar-refractivity contribution in [3.8, 4) is 10.6 Å². The summed E-state index contributed by atoms with van der Waals surface area (Å²) in [6, 6.07) is 9.81. The second-order valence-electron chi connectivity index (χ2n) is 5.68. The number of methoxy groups -OCH3 is 1. The molecule has 6 heteroatoms. The Labute approximate surface area is 142 Å². The zero-order valence-electron chi connectivity index (χ0n) is 12.9. The molecule has 0 amide bonds. The van der Waals surface area contributed by atoms with Crippen molar-refractivity contribution in [1.82, 2.24) is 4.98 Å². The van der Waals surface area contributed by atoms with Crippen LogP contribution in [0.1, 0.15) is 32.6 Å². The molecule has 1 aromatic heterocycles. The van der Waals surface area contributed by atoms with Crippen molar-refractivity contribution in [3.63, 3.8) is 0 Å². The lowest BCUT2D eigenvalue weighted by Crippen LogP contribution is -2.28. The van der Waals surface area contributed by atoms with Gasteiger partial charge in [0.2, 0.25) is 0 Å². The number of hydrogen-bond acceptors (Lipinski definition) is 5. The number of benzene rings is 1. The third-order valence-corrected chi connectivity index (χ3v) is 4.57. The minimum Gasteiger partial charge on any atom is -0.467 e. The standard InChI is InChI=1S/C16H18BrNO3S/c1-16(2,3)21-12(15(19)20-4)11-13(17)22-14(18-11)10-8-6-5-7-9-10/h5-9,12H,1-4H3. The minimum atomic E-state index is -0.854. The van der Waals surface area contributed by atoms with Gasteiger partial charge in [0.05, 0.1) is 16.5 Å². The molecule has 0 aliphatic heterocycles. The molecule has 0 bridgehead atoms. The lowest BCUT2D eigenvalue weighted by molar-refractivity contribution is -0.164. The summed E-state index contributed by atoms with van der Waals surface area (Å²) in [6.07, 6.45) is -0.854. The first-order valence-corrected chi connectivity index (χ1v) is 8.40. The summed E-state index contributed by atoms with van der Waals surface area (Å²) in [5, 5.41) is 0.828. The number of carbonyl (C=O) groups excluding carboxylic acids is 1. The first-order chi connectivity index (χ1) is 10.3. The maximum atomic E-state index is 12.1. The highest BCUT2D eigenvalue weighted by Crippen LogP contribution is 2.37. The van der Waals surface area contributed by atoms with Crippen LogP contribution in [-0.2, 0) is 14.3 Å². The van der Waals surface area contributed by atoms with Crippen LogP contribution in [-0.4, -0.2) is 23.7 Å². The van der Waals surface area contributed by atoms with E-state index in [-0.39, 0.29) is 0 Å². The van der Waals surface area contributed by atoms with Crippen LogP contribution in [0.15, 0.2) is 34.1 Å². The molecule has 1 heterocycles. The van der Waals surface area contributed by atoms with Gasteiger partial charge in [0.1, 0.15) is 10.7 Å². The predicted octanol–water partition coefficient (Wildman–Crippen LogP) is 4.60. The Bertz CT molecular complexity index is 649. The Kier molecular flexibility index (Phi) is 5.36. The van der Waals surface area contributed by atoms with Gasteiger partial charge in [0, 0.05) is 5.56 Å². The highest BCUT2D eigenvalue weighted by Gasteiger charge is 2.32. The van der Waals surface area contributed by atoms with Crippen molar-refractivity contribution >= 4 is 33.2 Å². The van der Waals surface area contributed by atoms with E-state index in [0.717, 1.165) is 14.4 Å². The second-order valence-corrected chi connectivity index (χ2v) is 7.99. The molecule has 4 nitrogen and oxygen atoms in total. The van der Waals surface area contributed by atoms with Crippen LogP contribution in [0.5, 0.6) is 0 Å². The number of halogens is 1. The van der Waals surface area contributed by atoms with Crippen LogP contribution in [0.3, 0.4) is 0 Å². The normalized spacial score (nSPS) is 13.0. The van der Waals surface area contributed by atoms with Crippen molar-refractivity contribution < 1.29 is 14.3 Å². The summed E-state index contributed by atoms with van der Waals surface area (Å²) < 4.78 is 11.5. The van der Waals surface area contributed by atoms with Crippen LogP contribution in [0.4, 0.5) is 0 Å². The Hall–Kier alpha value is -1.24. The van der Waals surface area contributed by atoms with Crippen LogP contribution in [0.2, 0.25) is 0 Å². The summed E-state index contributed by atoms with van der Waals surface area (Å²) in [5.74, 6) is -0.458. The van der Waals surface area contributed by atoms with Crippen molar-refractivity contribution in [3.05, 3.63) is 39.8 Å². The van der Waals surface area contributed by atoms with Gasteiger partial charge in [-0.05, 0) is 36.7 Å². The summed E-state index contributed by atoms with van der Waals surface area (Å²) in [6.45, 7) is 5.67. The Morgan fingerprint density at radius 3 is 2.45 bits per heavy atom. The monoisotopic (exact) mass is 383 g/mol. The molecule has 118 valence electrons. The molecule has 0 saturated heterocycles. The van der Waals surface area contributed by atoms with Crippen LogP contribution in [0.25, 0.3) is 10.6 Å². The van der Waals surface area contributed by atoms with Gasteiger partial charge in [0.25, 0.3) is 0 Å². The first-order valence-electron chi connectivity index (χ1n) is 6.79. The molecule has 0 aliphatic carbocycles. The Morgan fingerprint density at radius 2 is 1.91 bits per heavy atom. The molecule has 1 unspecified atom stereocenters. The maximum Gasteiger partial charge on any atom is 0.341 e. The van der Waals surface area contributed by atoms with E-state index < -0.39 is 17.7 Å². The number of carbonyl (C=O) groups is 1. The fourth-order valence-electron chi connectivity index (χ4n) is 1.86. The van der Waals surface area contributed by atoms with E-state index in [1.807, 2.05) is 51.1 Å². The number of hydrogen-bond donors (Lipinski definition) is 0. The first kappa shape index (κ1) is 17.1. The van der Waals surface area contributed by atoms with Gasteiger partial charge in [-0.15, -0.1) is 11.3 Å². The van der Waals surface area contributed by atoms with Gasteiger partial charge in [0.15, 0.2) is 6.10 Å². The van der Waals surface area contributed by atoms with Gasteiger partial charge >= 0.3 is 5.97 Å². The van der Waals surface area contributed by atoms with Gasteiger partial charge < -0.3 is 9.47 Å². The number of nitrogens with zero attached hydrogens (tertiary/aromatic N) is 1. The number of thiazole rings is 1. The van der Waals surface area contributed by atoms with Crippen molar-refractivity contribution in [1.29, 1.82) is 0 Å². The molecule has 0 aliphatic rings. The number of ether oxygens (including phenoxy) is 2. The molecule has 1 atom stereocenters. The van der Waals surface area contributed by atoms with Gasteiger partial charge in [-0.1, -0.05) is 30.3 Å². The zero-order chi connectivity index (χ0) is 16.3. The summed E-state index contributed by atoms with van der Waals surface area (Å²) >= 11 is 4.96. The van der Waals surface area contributed by atoms with E-state index >= 15 is 0 Å². The van der Waals surface area contributed by atoms with E-state index in [1.165, 1.54) is 18.4 Å². The second kappa shape index (κ2) is 6.89. The summed E-state index contributed by atoms with van der Waals surface area (Å²) in [5.41, 5.74) is 1.05. The lowest BCUT2D eigenvalue weighted by atomic mass is 10.1. The van der Waals surface area contributed by atoms with Crippen molar-refractivity contribution in [2.75, 3.05) is 7.11 Å². The van der Waals surface area contributed by atoms with Crippen molar-refractivity contribution in [2.24, 2.45) is 0 Å². The Morgan fingerprint density at radius 1 is 1.27 bits per heavy atom. The topological polar surface area (TPSA) is 48.4 Å². The number of esters is 1. The molecule has 0 fully saturated rings. The summed E-state index contributed by atoms with van der Waals surface area (Å²) in [7, 11) is 1.35. The highest BCUT2D eigenvalue weighted by molar-refractivity contribution is 9.11. The molecule has 0 radical (unpaired) electrons. The van der Waals surface area contributed by atoms with E-state index in [9.17, 15) is 4.79 Å². The van der Waals surface area contributed by atoms with Crippen molar-refractivity contribution in [2.45, 2.75) is 32.5 Å². The molecule has 1 aromatic carbocycles. The van der Waals surface area contributed by atoms with Gasteiger partial charge in [-0.3, -0.25) is 0 Å².